The molecule has 3 nitrogen and oxygen atoms in total. The highest BCUT2D eigenvalue weighted by Gasteiger charge is 2.21. The van der Waals surface area contributed by atoms with Crippen molar-refractivity contribution in [2.24, 2.45) is 0 Å². The summed E-state index contributed by atoms with van der Waals surface area (Å²) in [6.45, 7) is 6.29. The van der Waals surface area contributed by atoms with Gasteiger partial charge < -0.3 is 4.74 Å². The van der Waals surface area contributed by atoms with Gasteiger partial charge in [0.15, 0.2) is 0 Å². The van der Waals surface area contributed by atoms with Gasteiger partial charge in [-0.2, -0.15) is 0 Å². The maximum atomic E-state index is 10.8. The topological polar surface area (TPSA) is 29.3 Å². The Balaban J connectivity index is 2.08. The van der Waals surface area contributed by atoms with E-state index in [1.807, 2.05) is 18.7 Å². The first-order chi connectivity index (χ1) is 4.68. The third-order valence-electron chi connectivity index (χ3n) is 1.26. The predicted octanol–water partition coefficient (Wildman–Crippen LogP) is 0.254. The molecular formula is C7H13NO2. The minimum atomic E-state index is -0.104. The van der Waals surface area contributed by atoms with Gasteiger partial charge in [-0.15, -0.1) is 0 Å². The van der Waals surface area contributed by atoms with Crippen LogP contribution in [0.2, 0.25) is 0 Å². The summed E-state index contributed by atoms with van der Waals surface area (Å²) in [5.74, 6) is -0.104. The molecule has 0 radical (unpaired) electrons. The number of carbonyl (C=O) groups is 1. The summed E-state index contributed by atoms with van der Waals surface area (Å²) in [4.78, 5) is 12.9. The summed E-state index contributed by atoms with van der Waals surface area (Å²) < 4.78 is 4.92. The molecule has 0 aromatic heterocycles. The van der Waals surface area contributed by atoms with Crippen LogP contribution < -0.4 is 0 Å². The molecule has 0 spiro atoms. The van der Waals surface area contributed by atoms with E-state index in [4.69, 9.17) is 4.74 Å². The summed E-state index contributed by atoms with van der Waals surface area (Å²) >= 11 is 0. The van der Waals surface area contributed by atoms with Gasteiger partial charge in [-0.3, -0.25) is 9.69 Å². The molecule has 1 heterocycles. The van der Waals surface area contributed by atoms with Gasteiger partial charge in [0.2, 0.25) is 0 Å². The second-order valence-corrected chi connectivity index (χ2v) is 2.81. The van der Waals surface area contributed by atoms with E-state index in [1.165, 1.54) is 0 Å². The molecule has 0 aromatic rings. The van der Waals surface area contributed by atoms with E-state index in [1.54, 1.807) is 0 Å². The van der Waals surface area contributed by atoms with Crippen LogP contribution in [0.5, 0.6) is 0 Å². The lowest BCUT2D eigenvalue weighted by atomic mass is 10.5. The van der Waals surface area contributed by atoms with Crippen molar-refractivity contribution < 1.29 is 9.53 Å². The zero-order chi connectivity index (χ0) is 7.56. The van der Waals surface area contributed by atoms with Gasteiger partial charge >= 0.3 is 5.97 Å². The highest BCUT2D eigenvalue weighted by Crippen LogP contribution is 2.02. The maximum Gasteiger partial charge on any atom is 0.320 e. The smallest absolute Gasteiger partial charge is 0.320 e. The van der Waals surface area contributed by atoms with Crippen molar-refractivity contribution in [1.82, 2.24) is 4.90 Å². The van der Waals surface area contributed by atoms with Crippen molar-refractivity contribution in [2.45, 2.75) is 20.0 Å². The first kappa shape index (κ1) is 7.54. The first-order valence-corrected chi connectivity index (χ1v) is 3.60. The summed E-state index contributed by atoms with van der Waals surface area (Å²) in [5.41, 5.74) is 0. The predicted molar refractivity (Wildman–Crippen MR) is 37.7 cm³/mol. The summed E-state index contributed by atoms with van der Waals surface area (Å²) in [6, 6.07) is 0. The molecule has 1 fully saturated rings. The number of ether oxygens (including phenoxy) is 1. The molecular weight excluding hydrogens is 130 g/mol. The Morgan fingerprint density at radius 3 is 2.60 bits per heavy atom. The van der Waals surface area contributed by atoms with Crippen LogP contribution in [-0.2, 0) is 9.53 Å². The summed E-state index contributed by atoms with van der Waals surface area (Å²) in [7, 11) is 0. The molecule has 0 bridgehead atoms. The number of rotatable bonds is 3. The monoisotopic (exact) mass is 143 g/mol. The van der Waals surface area contributed by atoms with Gasteiger partial charge in [-0.25, -0.2) is 0 Å². The third kappa shape index (κ3) is 2.82. The minimum absolute atomic E-state index is 0.0208. The maximum absolute atomic E-state index is 10.8. The van der Waals surface area contributed by atoms with E-state index in [2.05, 4.69) is 0 Å². The van der Waals surface area contributed by atoms with Crippen LogP contribution in [0.25, 0.3) is 0 Å². The quantitative estimate of drug-likeness (QED) is 0.419. The first-order valence-electron chi connectivity index (χ1n) is 3.60. The fraction of sp³-hybridized carbons (Fsp3) is 0.857. The number of hydrogen-bond acceptors (Lipinski definition) is 3. The Bertz CT molecular complexity index is 124. The minimum Gasteiger partial charge on any atom is -0.462 e. The average molecular weight is 143 g/mol. The van der Waals surface area contributed by atoms with E-state index in [9.17, 15) is 4.79 Å². The average Bonchev–Trinajstić information content (AvgIpc) is 2.46. The molecule has 0 aromatic carbocycles. The van der Waals surface area contributed by atoms with Gasteiger partial charge in [0, 0.05) is 13.1 Å². The molecule has 1 aliphatic rings. The second kappa shape index (κ2) is 3.01. The van der Waals surface area contributed by atoms with Crippen LogP contribution in [0, 0.1) is 0 Å². The third-order valence-corrected chi connectivity index (χ3v) is 1.26. The Labute approximate surface area is 61.0 Å². The fourth-order valence-electron chi connectivity index (χ4n) is 0.712. The summed E-state index contributed by atoms with van der Waals surface area (Å²) in [5, 5.41) is 0. The Hall–Kier alpha value is -0.570. The molecule has 0 saturated carbocycles. The molecule has 0 aliphatic carbocycles. The Morgan fingerprint density at radius 1 is 1.60 bits per heavy atom. The van der Waals surface area contributed by atoms with Crippen molar-refractivity contribution >= 4 is 5.97 Å². The normalized spacial score (nSPS) is 17.5. The van der Waals surface area contributed by atoms with E-state index in [0.717, 1.165) is 13.1 Å². The van der Waals surface area contributed by atoms with Gasteiger partial charge in [0.05, 0.1) is 12.6 Å². The molecule has 0 N–H and O–H groups in total. The van der Waals surface area contributed by atoms with Gasteiger partial charge in [0.25, 0.3) is 0 Å². The summed E-state index contributed by atoms with van der Waals surface area (Å²) in [6.07, 6.45) is 0.0208. The van der Waals surface area contributed by atoms with Crippen molar-refractivity contribution in [3.8, 4) is 0 Å². The van der Waals surface area contributed by atoms with Crippen LogP contribution in [0.3, 0.4) is 0 Å². The van der Waals surface area contributed by atoms with Gasteiger partial charge in [-0.05, 0) is 13.8 Å². The van der Waals surface area contributed by atoms with E-state index in [-0.39, 0.29) is 12.1 Å². The lowest BCUT2D eigenvalue weighted by Crippen LogP contribution is -2.19. The van der Waals surface area contributed by atoms with Crippen LogP contribution in [0.15, 0.2) is 0 Å². The van der Waals surface area contributed by atoms with E-state index in [0.29, 0.717) is 6.54 Å². The highest BCUT2D eigenvalue weighted by atomic mass is 16.5. The number of nitrogens with zero attached hydrogens (tertiary/aromatic N) is 1. The zero-order valence-electron chi connectivity index (χ0n) is 6.46. The number of esters is 1. The molecule has 0 unspecified atom stereocenters. The van der Waals surface area contributed by atoms with Crippen molar-refractivity contribution in [1.29, 1.82) is 0 Å². The SMILES string of the molecule is CC(C)OC(=O)CN1CC1. The van der Waals surface area contributed by atoms with Crippen molar-refractivity contribution in [2.75, 3.05) is 19.6 Å². The van der Waals surface area contributed by atoms with Gasteiger partial charge in [0.1, 0.15) is 0 Å². The zero-order valence-corrected chi connectivity index (χ0v) is 6.46. The molecule has 1 rings (SSSR count). The number of hydrogen-bond donors (Lipinski definition) is 0. The molecule has 1 saturated heterocycles. The fourth-order valence-corrected chi connectivity index (χ4v) is 0.712. The molecule has 0 atom stereocenters. The molecule has 10 heavy (non-hydrogen) atoms. The van der Waals surface area contributed by atoms with E-state index < -0.39 is 0 Å². The highest BCUT2D eigenvalue weighted by molar-refractivity contribution is 5.72. The lowest BCUT2D eigenvalue weighted by molar-refractivity contribution is -0.147. The Kier molecular flexibility index (Phi) is 2.27. The lowest BCUT2D eigenvalue weighted by Gasteiger charge is -2.06. The molecule has 1 aliphatic heterocycles. The van der Waals surface area contributed by atoms with E-state index >= 15 is 0 Å². The van der Waals surface area contributed by atoms with Crippen LogP contribution >= 0.6 is 0 Å². The molecule has 58 valence electrons. The molecule has 3 heteroatoms. The molecule has 0 amide bonds. The largest absolute Gasteiger partial charge is 0.462 e. The van der Waals surface area contributed by atoms with Crippen LogP contribution in [0.4, 0.5) is 0 Å². The van der Waals surface area contributed by atoms with Crippen molar-refractivity contribution in [3.05, 3.63) is 0 Å². The Morgan fingerprint density at radius 2 is 2.20 bits per heavy atom. The second-order valence-electron chi connectivity index (χ2n) is 2.81. The van der Waals surface area contributed by atoms with Gasteiger partial charge in [-0.1, -0.05) is 0 Å². The van der Waals surface area contributed by atoms with Crippen LogP contribution in [0.1, 0.15) is 13.8 Å². The van der Waals surface area contributed by atoms with Crippen molar-refractivity contribution in [3.63, 3.8) is 0 Å². The standard InChI is InChI=1S/C7H13NO2/c1-6(2)10-7(9)5-8-3-4-8/h6H,3-5H2,1-2H3. The number of carbonyl (C=O) groups excluding carboxylic acids is 1. The van der Waals surface area contributed by atoms with Crippen LogP contribution in [-0.4, -0.2) is 36.6 Å².